The molecule has 198 valence electrons. The summed E-state index contributed by atoms with van der Waals surface area (Å²) in [5.41, 5.74) is 3.63. The first-order valence-electron chi connectivity index (χ1n) is 13.4. The molecular formula is C31H34FN3O3. The van der Waals surface area contributed by atoms with Gasteiger partial charge in [0.25, 0.3) is 11.8 Å². The van der Waals surface area contributed by atoms with Gasteiger partial charge in [-0.25, -0.2) is 4.39 Å². The highest BCUT2D eigenvalue weighted by atomic mass is 19.1. The lowest BCUT2D eigenvalue weighted by atomic mass is 9.89. The molecule has 3 aromatic carbocycles. The van der Waals surface area contributed by atoms with E-state index >= 15 is 0 Å². The van der Waals surface area contributed by atoms with Crippen LogP contribution in [0.1, 0.15) is 52.0 Å². The maximum atomic E-state index is 13.4. The summed E-state index contributed by atoms with van der Waals surface area (Å²) in [5.74, 6) is -0.326. The zero-order valence-corrected chi connectivity index (χ0v) is 21.5. The van der Waals surface area contributed by atoms with Crippen LogP contribution in [-0.4, -0.2) is 44.2 Å². The van der Waals surface area contributed by atoms with Crippen LogP contribution in [0.4, 0.5) is 15.8 Å². The fourth-order valence-electron chi connectivity index (χ4n) is 5.31. The molecule has 7 heteroatoms. The lowest BCUT2D eigenvalue weighted by Crippen LogP contribution is -2.37. The third kappa shape index (κ3) is 6.58. The van der Waals surface area contributed by atoms with E-state index in [-0.39, 0.29) is 17.9 Å². The van der Waals surface area contributed by atoms with Crippen LogP contribution in [0.2, 0.25) is 0 Å². The second kappa shape index (κ2) is 12.2. The minimum atomic E-state index is -0.399. The molecule has 0 spiro atoms. The van der Waals surface area contributed by atoms with Crippen LogP contribution in [0.5, 0.6) is 0 Å². The number of carbonyl (C=O) groups is 2. The number of ether oxygens (including phenoxy) is 1. The minimum absolute atomic E-state index is 0.0393. The molecule has 1 unspecified atom stereocenters. The SMILES string of the molecule is O=C(Nc1ccc(N2CCC(Cc3ccccc3)CC2)c(C(=O)NCC2CCCO2)c1)c1ccc(F)cc1. The zero-order chi connectivity index (χ0) is 26.3. The lowest BCUT2D eigenvalue weighted by Gasteiger charge is -2.35. The standard InChI is InChI=1S/C31H34FN3O3/c32-25-10-8-24(9-11-25)30(36)34-26-12-13-29(28(20-26)31(37)33-21-27-7-4-18-38-27)35-16-14-23(15-17-35)19-22-5-2-1-3-6-22/h1-3,5-6,8-13,20,23,27H,4,7,14-19,21H2,(H,33,37)(H,34,36). The molecule has 38 heavy (non-hydrogen) atoms. The molecule has 0 aromatic heterocycles. The summed E-state index contributed by atoms with van der Waals surface area (Å²) in [6.45, 7) is 2.92. The van der Waals surface area contributed by atoms with Crippen molar-refractivity contribution in [2.75, 3.05) is 36.5 Å². The highest BCUT2D eigenvalue weighted by Crippen LogP contribution is 2.30. The van der Waals surface area contributed by atoms with Crippen LogP contribution in [0.25, 0.3) is 0 Å². The Labute approximate surface area is 223 Å². The van der Waals surface area contributed by atoms with Crippen molar-refractivity contribution in [3.8, 4) is 0 Å². The van der Waals surface area contributed by atoms with E-state index in [0.717, 1.165) is 57.5 Å². The van der Waals surface area contributed by atoms with Gasteiger partial charge in [0.2, 0.25) is 0 Å². The van der Waals surface area contributed by atoms with E-state index in [2.05, 4.69) is 39.8 Å². The second-order valence-corrected chi connectivity index (χ2v) is 10.2. The highest BCUT2D eigenvalue weighted by molar-refractivity contribution is 6.06. The number of piperidine rings is 1. The number of rotatable bonds is 8. The lowest BCUT2D eigenvalue weighted by molar-refractivity contribution is 0.0858. The Kier molecular flexibility index (Phi) is 8.34. The summed E-state index contributed by atoms with van der Waals surface area (Å²) < 4.78 is 18.9. The molecule has 0 saturated carbocycles. The molecule has 3 aromatic rings. The first-order chi connectivity index (χ1) is 18.5. The first-order valence-corrected chi connectivity index (χ1v) is 13.4. The highest BCUT2D eigenvalue weighted by Gasteiger charge is 2.25. The number of nitrogens with one attached hydrogen (secondary N) is 2. The van der Waals surface area contributed by atoms with E-state index in [0.29, 0.717) is 29.3 Å². The molecule has 2 aliphatic heterocycles. The van der Waals surface area contributed by atoms with Crippen LogP contribution in [0.3, 0.4) is 0 Å². The van der Waals surface area contributed by atoms with Crippen LogP contribution in [0, 0.1) is 11.7 Å². The Bertz CT molecular complexity index is 1230. The summed E-state index contributed by atoms with van der Waals surface area (Å²) in [6, 6.07) is 21.4. The third-order valence-corrected chi connectivity index (χ3v) is 7.44. The molecular weight excluding hydrogens is 481 g/mol. The minimum Gasteiger partial charge on any atom is -0.376 e. The molecule has 6 nitrogen and oxygen atoms in total. The molecule has 2 heterocycles. The molecule has 1 atom stereocenters. The quantitative estimate of drug-likeness (QED) is 0.419. The number of carbonyl (C=O) groups excluding carboxylic acids is 2. The van der Waals surface area contributed by atoms with Gasteiger partial charge < -0.3 is 20.3 Å². The van der Waals surface area contributed by atoms with Gasteiger partial charge in [-0.3, -0.25) is 9.59 Å². The Hall–Kier alpha value is -3.71. The molecule has 0 aliphatic carbocycles. The van der Waals surface area contributed by atoms with Gasteiger partial charge in [-0.15, -0.1) is 0 Å². The maximum absolute atomic E-state index is 13.4. The summed E-state index contributed by atoms with van der Waals surface area (Å²) in [5, 5.41) is 5.89. The fourth-order valence-corrected chi connectivity index (χ4v) is 5.31. The van der Waals surface area contributed by atoms with Crippen LogP contribution in [-0.2, 0) is 11.2 Å². The Morgan fingerprint density at radius 2 is 1.68 bits per heavy atom. The van der Waals surface area contributed by atoms with E-state index in [4.69, 9.17) is 4.74 Å². The predicted octanol–water partition coefficient (Wildman–Crippen LogP) is 5.45. The van der Waals surface area contributed by atoms with Gasteiger partial charge in [0.05, 0.1) is 11.7 Å². The van der Waals surface area contributed by atoms with Gasteiger partial charge in [-0.1, -0.05) is 30.3 Å². The molecule has 5 rings (SSSR count). The first kappa shape index (κ1) is 25.9. The molecule has 2 amide bonds. The number of hydrogen-bond acceptors (Lipinski definition) is 4. The van der Waals surface area contributed by atoms with Crippen LogP contribution >= 0.6 is 0 Å². The fraction of sp³-hybridized carbons (Fsp3) is 0.355. The van der Waals surface area contributed by atoms with Crippen molar-refractivity contribution in [1.29, 1.82) is 0 Å². The Balaban J connectivity index is 1.30. The Morgan fingerprint density at radius 3 is 2.39 bits per heavy atom. The molecule has 0 bridgehead atoms. The number of benzene rings is 3. The maximum Gasteiger partial charge on any atom is 0.255 e. The van der Waals surface area contributed by atoms with Gasteiger partial charge in [-0.05, 0) is 86.1 Å². The van der Waals surface area contributed by atoms with Crippen LogP contribution in [0.15, 0.2) is 72.8 Å². The van der Waals surface area contributed by atoms with Crippen molar-refractivity contribution in [3.63, 3.8) is 0 Å². The Morgan fingerprint density at radius 1 is 0.921 bits per heavy atom. The second-order valence-electron chi connectivity index (χ2n) is 10.2. The number of halogens is 1. The van der Waals surface area contributed by atoms with Crippen molar-refractivity contribution < 1.29 is 18.7 Å². The molecule has 2 fully saturated rings. The third-order valence-electron chi connectivity index (χ3n) is 7.44. The monoisotopic (exact) mass is 515 g/mol. The number of nitrogens with zero attached hydrogens (tertiary/aromatic N) is 1. The van der Waals surface area contributed by atoms with Crippen molar-refractivity contribution >= 4 is 23.2 Å². The number of hydrogen-bond donors (Lipinski definition) is 2. The van der Waals surface area contributed by atoms with Gasteiger partial charge in [0.15, 0.2) is 0 Å². The van der Waals surface area contributed by atoms with Crippen molar-refractivity contribution in [2.45, 2.75) is 38.2 Å². The smallest absolute Gasteiger partial charge is 0.255 e. The zero-order valence-electron chi connectivity index (χ0n) is 21.5. The average molecular weight is 516 g/mol. The molecule has 2 N–H and O–H groups in total. The van der Waals surface area contributed by atoms with Gasteiger partial charge in [0, 0.05) is 43.2 Å². The van der Waals surface area contributed by atoms with E-state index < -0.39 is 5.82 Å². The van der Waals surface area contributed by atoms with E-state index in [1.54, 1.807) is 6.07 Å². The largest absolute Gasteiger partial charge is 0.376 e. The summed E-state index contributed by atoms with van der Waals surface area (Å²) in [4.78, 5) is 28.4. The number of anilines is 2. The normalized spacial score (nSPS) is 17.8. The van der Waals surface area contributed by atoms with E-state index in [1.807, 2.05) is 18.2 Å². The summed E-state index contributed by atoms with van der Waals surface area (Å²) in [6.07, 6.45) is 5.16. The van der Waals surface area contributed by atoms with Crippen molar-refractivity contribution in [2.24, 2.45) is 5.92 Å². The van der Waals surface area contributed by atoms with Gasteiger partial charge in [0.1, 0.15) is 5.82 Å². The molecule has 0 radical (unpaired) electrons. The van der Waals surface area contributed by atoms with E-state index in [9.17, 15) is 14.0 Å². The van der Waals surface area contributed by atoms with Crippen molar-refractivity contribution in [1.82, 2.24) is 5.32 Å². The topological polar surface area (TPSA) is 70.7 Å². The van der Waals surface area contributed by atoms with Gasteiger partial charge in [-0.2, -0.15) is 0 Å². The summed E-state index contributed by atoms with van der Waals surface area (Å²) >= 11 is 0. The van der Waals surface area contributed by atoms with Crippen LogP contribution < -0.4 is 15.5 Å². The average Bonchev–Trinajstić information content (AvgIpc) is 3.47. The van der Waals surface area contributed by atoms with Crippen molar-refractivity contribution in [3.05, 3.63) is 95.3 Å². The molecule has 2 saturated heterocycles. The molecule has 2 aliphatic rings. The van der Waals surface area contributed by atoms with Gasteiger partial charge >= 0.3 is 0 Å². The predicted molar refractivity (Wildman–Crippen MR) is 147 cm³/mol. The summed E-state index contributed by atoms with van der Waals surface area (Å²) in [7, 11) is 0. The van der Waals surface area contributed by atoms with E-state index in [1.165, 1.54) is 29.8 Å². The number of amides is 2.